The molecule has 0 bridgehead atoms. The highest BCUT2D eigenvalue weighted by Crippen LogP contribution is 2.13. The fourth-order valence-corrected chi connectivity index (χ4v) is 5.88. The Morgan fingerprint density at radius 1 is 0.561 bits per heavy atom. The number of rotatable bonds is 21. The molecule has 0 aliphatic rings. The molecule has 4 aromatic rings. The van der Waals surface area contributed by atoms with Crippen molar-refractivity contribution in [2.75, 3.05) is 25.1 Å². The van der Waals surface area contributed by atoms with Crippen molar-refractivity contribution in [2.24, 2.45) is 0 Å². The lowest BCUT2D eigenvalue weighted by molar-refractivity contribution is -0.149. The molecule has 0 aromatic heterocycles. The van der Waals surface area contributed by atoms with E-state index in [1.165, 1.54) is 23.9 Å². The van der Waals surface area contributed by atoms with Crippen LogP contribution in [-0.2, 0) is 59.5 Å². The first-order valence-corrected chi connectivity index (χ1v) is 19.6. The average Bonchev–Trinajstić information content (AvgIpc) is 3.23. The number of carbonyl (C=O) groups excluding carboxylic acids is 6. The van der Waals surface area contributed by atoms with Gasteiger partial charge in [-0.05, 0) is 52.8 Å². The summed E-state index contributed by atoms with van der Waals surface area (Å²) in [7, 11) is 0. The van der Waals surface area contributed by atoms with E-state index in [0.717, 1.165) is 16.7 Å². The zero-order valence-corrected chi connectivity index (χ0v) is 32.3. The van der Waals surface area contributed by atoms with Gasteiger partial charge in [0.2, 0.25) is 23.6 Å². The van der Waals surface area contributed by atoms with Gasteiger partial charge in [0.05, 0.1) is 13.1 Å². The lowest BCUT2D eigenvalue weighted by Gasteiger charge is -2.23. The number of hydrogen-bond acceptors (Lipinski definition) is 10. The van der Waals surface area contributed by atoms with Crippen molar-refractivity contribution in [1.29, 1.82) is 0 Å². The molecule has 4 rings (SSSR count). The van der Waals surface area contributed by atoms with Gasteiger partial charge in [0.1, 0.15) is 37.1 Å². The molecular weight excluding hydrogens is 751 g/mol. The van der Waals surface area contributed by atoms with Crippen molar-refractivity contribution in [3.63, 3.8) is 0 Å². The third kappa shape index (κ3) is 16.1. The Bertz CT molecular complexity index is 1900. The molecule has 0 saturated carbocycles. The summed E-state index contributed by atoms with van der Waals surface area (Å²) in [4.78, 5) is 78.4. The molecule has 0 radical (unpaired) electrons. The van der Waals surface area contributed by atoms with Gasteiger partial charge in [0, 0.05) is 12.8 Å². The van der Waals surface area contributed by atoms with Crippen LogP contribution in [0.2, 0.25) is 0 Å². The van der Waals surface area contributed by atoms with E-state index in [4.69, 9.17) is 9.47 Å². The molecule has 0 saturated heterocycles. The van der Waals surface area contributed by atoms with Gasteiger partial charge in [0.15, 0.2) is 0 Å². The summed E-state index contributed by atoms with van der Waals surface area (Å²) in [5, 5.41) is 22.5. The largest absolute Gasteiger partial charge is 0.508 e. The first-order chi connectivity index (χ1) is 27.6. The zero-order valence-electron chi connectivity index (χ0n) is 31.5. The number of phenolic OH excluding ortho intramolecular Hbond substituents is 1. The van der Waals surface area contributed by atoms with Crippen LogP contribution in [0.5, 0.6) is 5.75 Å². The number of benzene rings is 4. The van der Waals surface area contributed by atoms with Crippen LogP contribution < -0.4 is 26.6 Å². The summed E-state index contributed by atoms with van der Waals surface area (Å²) in [6.45, 7) is -1.05. The monoisotopic (exact) mass is 797 g/mol. The van der Waals surface area contributed by atoms with Gasteiger partial charge in [-0.2, -0.15) is 11.8 Å². The fraction of sp³-hybridized carbons (Fsp3) is 0.286. The van der Waals surface area contributed by atoms with Gasteiger partial charge in [-0.3, -0.25) is 19.2 Å². The molecule has 14 nitrogen and oxygen atoms in total. The summed E-state index contributed by atoms with van der Waals surface area (Å²) in [6, 6.07) is 29.9. The van der Waals surface area contributed by atoms with E-state index in [1.807, 2.05) is 48.7 Å². The second-order valence-corrected chi connectivity index (χ2v) is 13.9. The normalized spacial score (nSPS) is 12.2. The SMILES string of the molecule is CSCC[C@H](NC(=O)[C@H](Cc1ccccc1)NC(=O)CNC(=O)CNC(=O)[C@H](Cc1ccc(O)cc1)NC(=O)OCc1ccccc1)C(=O)OCc1ccccc1. The molecule has 5 amide bonds. The van der Waals surface area contributed by atoms with E-state index in [9.17, 15) is 33.9 Å². The number of aromatic hydroxyl groups is 1. The Morgan fingerprint density at radius 3 is 1.65 bits per heavy atom. The number of nitrogens with one attached hydrogen (secondary N) is 5. The number of alkyl carbamates (subject to hydrolysis) is 1. The van der Waals surface area contributed by atoms with Crippen LogP contribution in [0.25, 0.3) is 0 Å². The molecule has 6 N–H and O–H groups in total. The second-order valence-electron chi connectivity index (χ2n) is 12.9. The van der Waals surface area contributed by atoms with Crippen molar-refractivity contribution in [3.05, 3.63) is 138 Å². The molecular formula is C42H47N5O9S. The van der Waals surface area contributed by atoms with Crippen molar-refractivity contribution >= 4 is 47.5 Å². The third-order valence-corrected chi connectivity index (χ3v) is 9.08. The molecule has 57 heavy (non-hydrogen) atoms. The van der Waals surface area contributed by atoms with Crippen molar-refractivity contribution in [1.82, 2.24) is 26.6 Å². The fourth-order valence-electron chi connectivity index (χ4n) is 5.41. The van der Waals surface area contributed by atoms with Crippen molar-refractivity contribution < 1.29 is 43.3 Å². The van der Waals surface area contributed by atoms with Gasteiger partial charge in [-0.25, -0.2) is 9.59 Å². The predicted octanol–water partition coefficient (Wildman–Crippen LogP) is 3.17. The smallest absolute Gasteiger partial charge is 0.408 e. The van der Waals surface area contributed by atoms with Crippen LogP contribution in [0, 0.1) is 0 Å². The molecule has 0 aliphatic carbocycles. The van der Waals surface area contributed by atoms with Gasteiger partial charge in [0.25, 0.3) is 0 Å². The maximum atomic E-state index is 13.6. The minimum Gasteiger partial charge on any atom is -0.508 e. The highest BCUT2D eigenvalue weighted by atomic mass is 32.2. The van der Waals surface area contributed by atoms with Crippen LogP contribution in [0.15, 0.2) is 115 Å². The first kappa shape index (κ1) is 43.4. The van der Waals surface area contributed by atoms with Crippen molar-refractivity contribution in [3.8, 4) is 5.75 Å². The lowest BCUT2D eigenvalue weighted by atomic mass is 10.0. The minimum atomic E-state index is -1.15. The number of carbonyl (C=O) groups is 6. The summed E-state index contributed by atoms with van der Waals surface area (Å²) in [5.41, 5.74) is 2.90. The van der Waals surface area contributed by atoms with E-state index in [0.29, 0.717) is 17.7 Å². The zero-order chi connectivity index (χ0) is 40.8. The molecule has 0 unspecified atom stereocenters. The lowest BCUT2D eigenvalue weighted by Crippen LogP contribution is -2.54. The molecule has 0 heterocycles. The van der Waals surface area contributed by atoms with Crippen LogP contribution in [0.1, 0.15) is 28.7 Å². The van der Waals surface area contributed by atoms with Gasteiger partial charge in [-0.15, -0.1) is 0 Å². The van der Waals surface area contributed by atoms with Crippen molar-refractivity contribution in [2.45, 2.75) is 50.6 Å². The molecule has 300 valence electrons. The summed E-state index contributed by atoms with van der Waals surface area (Å²) in [6.07, 6.45) is 1.44. The van der Waals surface area contributed by atoms with E-state index < -0.39 is 66.9 Å². The summed E-state index contributed by atoms with van der Waals surface area (Å²) < 4.78 is 10.8. The Labute approximate surface area is 335 Å². The quantitative estimate of drug-likeness (QED) is 0.0681. The number of hydrogen-bond donors (Lipinski definition) is 6. The number of amides is 5. The van der Waals surface area contributed by atoms with Crippen LogP contribution in [-0.4, -0.2) is 84.0 Å². The molecule has 4 aromatic carbocycles. The third-order valence-electron chi connectivity index (χ3n) is 8.44. The predicted molar refractivity (Wildman–Crippen MR) is 215 cm³/mol. The molecule has 0 spiro atoms. The highest BCUT2D eigenvalue weighted by molar-refractivity contribution is 7.98. The Morgan fingerprint density at radius 2 is 1.07 bits per heavy atom. The van der Waals surface area contributed by atoms with E-state index in [1.54, 1.807) is 60.7 Å². The summed E-state index contributed by atoms with van der Waals surface area (Å²) >= 11 is 1.50. The van der Waals surface area contributed by atoms with Crippen LogP contribution in [0.3, 0.4) is 0 Å². The standard InChI is InChI=1S/C42H47N5O9S/c1-57-22-21-34(41(53)55-27-31-13-7-3-8-14-31)46-40(52)36(23-29-11-5-2-6-12-29)45-38(50)26-43-37(49)25-44-39(51)35(24-30-17-19-33(48)20-18-30)47-42(54)56-28-32-15-9-4-10-16-32/h2-20,34-36,48H,21-28H2,1H3,(H,43,49)(H,44,51)(H,45,50)(H,46,52)(H,47,54)/t34-,35-,36-/m0/s1. The minimum absolute atomic E-state index is 0.0182. The van der Waals surface area contributed by atoms with E-state index in [-0.39, 0.29) is 31.8 Å². The summed E-state index contributed by atoms with van der Waals surface area (Å²) in [5.74, 6) is -2.72. The van der Waals surface area contributed by atoms with Gasteiger partial charge < -0.3 is 41.2 Å². The Balaban J connectivity index is 1.32. The number of esters is 1. The van der Waals surface area contributed by atoms with E-state index >= 15 is 0 Å². The van der Waals surface area contributed by atoms with Crippen LogP contribution in [0.4, 0.5) is 4.79 Å². The molecule has 0 fully saturated rings. The molecule has 3 atom stereocenters. The van der Waals surface area contributed by atoms with Gasteiger partial charge >= 0.3 is 12.1 Å². The maximum Gasteiger partial charge on any atom is 0.408 e. The molecule has 0 aliphatic heterocycles. The van der Waals surface area contributed by atoms with Crippen LogP contribution >= 0.6 is 11.8 Å². The Kier molecular flexibility index (Phi) is 17.9. The first-order valence-electron chi connectivity index (χ1n) is 18.2. The number of phenols is 1. The second kappa shape index (κ2) is 23.5. The average molecular weight is 798 g/mol. The van der Waals surface area contributed by atoms with E-state index in [2.05, 4.69) is 26.6 Å². The Hall–Kier alpha value is -6.35. The topological polar surface area (TPSA) is 201 Å². The number of ether oxygens (including phenoxy) is 2. The number of thioether (sulfide) groups is 1. The maximum absolute atomic E-state index is 13.6. The highest BCUT2D eigenvalue weighted by Gasteiger charge is 2.28. The van der Waals surface area contributed by atoms with Gasteiger partial charge in [-0.1, -0.05) is 103 Å². The molecule has 15 heteroatoms.